The van der Waals surface area contributed by atoms with E-state index in [0.29, 0.717) is 12.5 Å². The van der Waals surface area contributed by atoms with Crippen LogP contribution in [-0.2, 0) is 4.84 Å². The van der Waals surface area contributed by atoms with E-state index in [-0.39, 0.29) is 0 Å². The average molecular weight is 119 g/mol. The molecular formula is C5H13NO2. The highest BCUT2D eigenvalue weighted by Gasteiger charge is 1.91. The molecule has 0 fully saturated rings. The van der Waals surface area contributed by atoms with Gasteiger partial charge in [-0.25, -0.2) is 0 Å². The van der Waals surface area contributed by atoms with Gasteiger partial charge in [-0.1, -0.05) is 19.5 Å². The van der Waals surface area contributed by atoms with E-state index in [0.717, 1.165) is 6.42 Å². The molecule has 2 N–H and O–H groups in total. The Morgan fingerprint density at radius 3 is 2.62 bits per heavy atom. The van der Waals surface area contributed by atoms with Gasteiger partial charge in [0.15, 0.2) is 0 Å². The summed E-state index contributed by atoms with van der Waals surface area (Å²) in [5, 5.41) is 7.91. The van der Waals surface area contributed by atoms with E-state index >= 15 is 0 Å². The Kier molecular flexibility index (Phi) is 4.95. The van der Waals surface area contributed by atoms with Gasteiger partial charge in [0.2, 0.25) is 0 Å². The first-order valence-corrected chi connectivity index (χ1v) is 2.78. The molecule has 8 heavy (non-hydrogen) atoms. The van der Waals surface area contributed by atoms with E-state index in [1.54, 1.807) is 5.64 Å². The van der Waals surface area contributed by atoms with Crippen molar-refractivity contribution in [3.63, 3.8) is 0 Å². The van der Waals surface area contributed by atoms with Crippen LogP contribution in [0, 0.1) is 5.92 Å². The van der Waals surface area contributed by atoms with Gasteiger partial charge in [-0.15, -0.1) is 0 Å². The van der Waals surface area contributed by atoms with Crippen LogP contribution in [0.3, 0.4) is 0 Å². The zero-order chi connectivity index (χ0) is 6.41. The van der Waals surface area contributed by atoms with Gasteiger partial charge in [0.1, 0.15) is 0 Å². The van der Waals surface area contributed by atoms with Crippen molar-refractivity contribution in [3.8, 4) is 0 Å². The zero-order valence-corrected chi connectivity index (χ0v) is 5.35. The maximum atomic E-state index is 7.91. The largest absolute Gasteiger partial charge is 0.292 e. The molecule has 0 aliphatic rings. The molecule has 3 nitrogen and oxygen atoms in total. The van der Waals surface area contributed by atoms with Crippen molar-refractivity contribution in [2.45, 2.75) is 20.3 Å². The summed E-state index contributed by atoms with van der Waals surface area (Å²) in [4.78, 5) is 4.45. The van der Waals surface area contributed by atoms with E-state index < -0.39 is 0 Å². The van der Waals surface area contributed by atoms with Gasteiger partial charge in [0.05, 0.1) is 6.61 Å². The van der Waals surface area contributed by atoms with Crippen LogP contribution in [-0.4, -0.2) is 11.8 Å². The van der Waals surface area contributed by atoms with Crippen LogP contribution in [0.4, 0.5) is 0 Å². The molecular weight excluding hydrogens is 106 g/mol. The summed E-state index contributed by atoms with van der Waals surface area (Å²) in [7, 11) is 0. The minimum Gasteiger partial charge on any atom is -0.292 e. The number of nitrogens with one attached hydrogen (secondary N) is 1. The molecule has 0 aromatic heterocycles. The Morgan fingerprint density at radius 2 is 2.25 bits per heavy atom. The van der Waals surface area contributed by atoms with Gasteiger partial charge in [-0.2, -0.15) is 0 Å². The molecule has 0 bridgehead atoms. The molecule has 0 rings (SSSR count). The van der Waals surface area contributed by atoms with Crippen LogP contribution in [0.25, 0.3) is 0 Å². The summed E-state index contributed by atoms with van der Waals surface area (Å²) in [6, 6.07) is 0. The van der Waals surface area contributed by atoms with E-state index in [1.165, 1.54) is 0 Å². The minimum atomic E-state index is 0.564. The van der Waals surface area contributed by atoms with Crippen molar-refractivity contribution < 1.29 is 10.0 Å². The maximum absolute atomic E-state index is 7.91. The average Bonchev–Trinajstić information content (AvgIpc) is 1.66. The monoisotopic (exact) mass is 119 g/mol. The van der Waals surface area contributed by atoms with E-state index in [2.05, 4.69) is 18.7 Å². The second kappa shape index (κ2) is 5.03. The summed E-state index contributed by atoms with van der Waals surface area (Å²) in [6.45, 7) is 4.76. The lowest BCUT2D eigenvalue weighted by atomic mass is 10.1. The topological polar surface area (TPSA) is 41.5 Å². The molecule has 0 aliphatic heterocycles. The van der Waals surface area contributed by atoms with Gasteiger partial charge >= 0.3 is 0 Å². The van der Waals surface area contributed by atoms with Crippen molar-refractivity contribution in [2.24, 2.45) is 5.92 Å². The first kappa shape index (κ1) is 7.88. The van der Waals surface area contributed by atoms with E-state index in [1.807, 2.05) is 0 Å². The molecule has 0 spiro atoms. The van der Waals surface area contributed by atoms with Crippen LogP contribution in [0.2, 0.25) is 0 Å². The summed E-state index contributed by atoms with van der Waals surface area (Å²) >= 11 is 0. The normalized spacial score (nSPS) is 10.5. The third kappa shape index (κ3) is 5.88. The van der Waals surface area contributed by atoms with Gasteiger partial charge in [0, 0.05) is 0 Å². The number of hydrogen-bond donors (Lipinski definition) is 2. The lowest BCUT2D eigenvalue weighted by Crippen LogP contribution is -2.10. The van der Waals surface area contributed by atoms with Crippen molar-refractivity contribution in [2.75, 3.05) is 6.61 Å². The molecule has 0 heterocycles. The fraction of sp³-hybridized carbons (Fsp3) is 1.00. The molecule has 0 radical (unpaired) electrons. The van der Waals surface area contributed by atoms with E-state index in [9.17, 15) is 0 Å². The smallest absolute Gasteiger partial charge is 0.0711 e. The van der Waals surface area contributed by atoms with Crippen molar-refractivity contribution >= 4 is 0 Å². The van der Waals surface area contributed by atoms with Crippen molar-refractivity contribution in [1.82, 2.24) is 5.64 Å². The quantitative estimate of drug-likeness (QED) is 0.427. The third-order valence-corrected chi connectivity index (χ3v) is 0.862. The van der Waals surface area contributed by atoms with Crippen molar-refractivity contribution in [3.05, 3.63) is 0 Å². The van der Waals surface area contributed by atoms with Gasteiger partial charge in [0.25, 0.3) is 0 Å². The standard InChI is InChI=1S/C5H13NO2/c1-5(2)3-4-8-6-7/h5-7H,3-4H2,1-2H3. The molecule has 0 unspecified atom stereocenters. The molecule has 0 saturated carbocycles. The second-order valence-corrected chi connectivity index (χ2v) is 2.12. The second-order valence-electron chi connectivity index (χ2n) is 2.12. The third-order valence-electron chi connectivity index (χ3n) is 0.862. The van der Waals surface area contributed by atoms with Crippen LogP contribution in [0.15, 0.2) is 0 Å². The molecule has 3 heteroatoms. The number of rotatable bonds is 4. The van der Waals surface area contributed by atoms with Gasteiger partial charge in [-0.3, -0.25) is 10.0 Å². The SMILES string of the molecule is CC(C)CCONO. The first-order chi connectivity index (χ1) is 3.77. The molecule has 0 amide bonds. The Balaban J connectivity index is 2.72. The summed E-state index contributed by atoms with van der Waals surface area (Å²) in [5.41, 5.74) is 1.62. The van der Waals surface area contributed by atoms with E-state index in [4.69, 9.17) is 5.21 Å². The summed E-state index contributed by atoms with van der Waals surface area (Å²) in [5.74, 6) is 0.628. The molecule has 0 saturated heterocycles. The predicted octanol–water partition coefficient (Wildman–Crippen LogP) is 0.943. The van der Waals surface area contributed by atoms with Crippen LogP contribution < -0.4 is 5.64 Å². The summed E-state index contributed by atoms with van der Waals surface area (Å²) in [6.07, 6.45) is 0.966. The maximum Gasteiger partial charge on any atom is 0.0711 e. The lowest BCUT2D eigenvalue weighted by Gasteiger charge is -2.01. The van der Waals surface area contributed by atoms with Crippen molar-refractivity contribution in [1.29, 1.82) is 0 Å². The van der Waals surface area contributed by atoms with Crippen LogP contribution >= 0.6 is 0 Å². The Morgan fingerprint density at radius 1 is 1.62 bits per heavy atom. The first-order valence-electron chi connectivity index (χ1n) is 2.78. The number of hydrogen-bond acceptors (Lipinski definition) is 3. The molecule has 50 valence electrons. The Bertz CT molecular complexity index is 47.7. The molecule has 0 aromatic rings. The highest BCUT2D eigenvalue weighted by Crippen LogP contribution is 1.96. The fourth-order valence-electron chi connectivity index (χ4n) is 0.340. The minimum absolute atomic E-state index is 0.564. The molecule has 0 atom stereocenters. The Hall–Kier alpha value is -0.120. The highest BCUT2D eigenvalue weighted by molar-refractivity contribution is 4.40. The van der Waals surface area contributed by atoms with Gasteiger partial charge < -0.3 is 0 Å². The van der Waals surface area contributed by atoms with Crippen LogP contribution in [0.5, 0.6) is 0 Å². The predicted molar refractivity (Wildman–Crippen MR) is 30.3 cm³/mol. The summed E-state index contributed by atoms with van der Waals surface area (Å²) < 4.78 is 0. The zero-order valence-electron chi connectivity index (χ0n) is 5.35. The van der Waals surface area contributed by atoms with Crippen LogP contribution in [0.1, 0.15) is 20.3 Å². The fourth-order valence-corrected chi connectivity index (χ4v) is 0.340. The Labute approximate surface area is 49.6 Å². The molecule has 0 aliphatic carbocycles. The molecule has 0 aromatic carbocycles. The van der Waals surface area contributed by atoms with Gasteiger partial charge in [-0.05, 0) is 12.3 Å². The highest BCUT2D eigenvalue weighted by atomic mass is 16.8. The lowest BCUT2D eigenvalue weighted by molar-refractivity contribution is -0.129.